The van der Waals surface area contributed by atoms with Crippen LogP contribution in [-0.4, -0.2) is 50.5 Å². The van der Waals surface area contributed by atoms with Gasteiger partial charge in [-0.3, -0.25) is 0 Å². The third-order valence-electron chi connectivity index (χ3n) is 5.84. The molecule has 2 atom stereocenters. The monoisotopic (exact) mass is 360 g/mol. The minimum absolute atomic E-state index is 0.120. The summed E-state index contributed by atoms with van der Waals surface area (Å²) < 4.78 is 0. The summed E-state index contributed by atoms with van der Waals surface area (Å²) >= 11 is 0. The third-order valence-corrected chi connectivity index (χ3v) is 5.84. The molecule has 2 unspecified atom stereocenters. The summed E-state index contributed by atoms with van der Waals surface area (Å²) in [6.45, 7) is 3.36. The van der Waals surface area contributed by atoms with Crippen LogP contribution in [0.4, 0.5) is 0 Å². The van der Waals surface area contributed by atoms with Gasteiger partial charge in [-0.1, -0.05) is 12.1 Å². The van der Waals surface area contributed by atoms with Crippen LogP contribution in [0.1, 0.15) is 30.5 Å². The molecule has 1 aliphatic heterocycles. The minimum Gasteiger partial charge on any atom is -0.345 e. The molecule has 27 heavy (non-hydrogen) atoms. The smallest absolute Gasteiger partial charge is 0.0931 e. The molecule has 3 heterocycles. The molecule has 138 valence electrons. The molecule has 6 nitrogen and oxygen atoms in total. The molecular formula is C21H24N6. The van der Waals surface area contributed by atoms with E-state index < -0.39 is 0 Å². The number of likely N-dealkylation sites (N-methyl/N-ethyl adjacent to an activating group) is 1. The Kier molecular flexibility index (Phi) is 3.95. The molecule has 6 heteroatoms. The van der Waals surface area contributed by atoms with Crippen molar-refractivity contribution in [1.29, 1.82) is 0 Å². The molecule has 5 rings (SSSR count). The van der Waals surface area contributed by atoms with Crippen molar-refractivity contribution in [2.24, 2.45) is 0 Å². The summed E-state index contributed by atoms with van der Waals surface area (Å²) in [6.07, 6.45) is 4.66. The Hall–Kier alpha value is -2.70. The lowest BCUT2D eigenvalue weighted by molar-refractivity contribution is 0.325. The van der Waals surface area contributed by atoms with E-state index in [9.17, 15) is 0 Å². The Morgan fingerprint density at radius 2 is 1.59 bits per heavy atom. The van der Waals surface area contributed by atoms with Crippen LogP contribution in [0.2, 0.25) is 0 Å². The van der Waals surface area contributed by atoms with Crippen LogP contribution in [0.3, 0.4) is 0 Å². The van der Waals surface area contributed by atoms with Crippen LogP contribution in [0.15, 0.2) is 49.1 Å². The number of fused-ring (bicyclic) bond motifs is 2. The highest BCUT2D eigenvalue weighted by atomic mass is 15.2. The highest BCUT2D eigenvalue weighted by Gasteiger charge is 2.29. The van der Waals surface area contributed by atoms with Crippen molar-refractivity contribution < 1.29 is 0 Å². The zero-order valence-corrected chi connectivity index (χ0v) is 15.6. The van der Waals surface area contributed by atoms with E-state index in [0.29, 0.717) is 12.1 Å². The van der Waals surface area contributed by atoms with Crippen LogP contribution in [0, 0.1) is 0 Å². The van der Waals surface area contributed by atoms with E-state index in [-0.39, 0.29) is 6.04 Å². The predicted molar refractivity (Wildman–Crippen MR) is 108 cm³/mol. The zero-order valence-electron chi connectivity index (χ0n) is 15.6. The number of rotatable bonds is 4. The average Bonchev–Trinajstić information content (AvgIpc) is 3.39. The van der Waals surface area contributed by atoms with Crippen molar-refractivity contribution in [1.82, 2.24) is 30.2 Å². The maximum atomic E-state index is 4.35. The van der Waals surface area contributed by atoms with E-state index in [2.05, 4.69) is 80.5 Å². The molecule has 0 bridgehead atoms. The van der Waals surface area contributed by atoms with Gasteiger partial charge in [0.05, 0.1) is 40.8 Å². The molecule has 0 saturated carbocycles. The second-order valence-electron chi connectivity index (χ2n) is 7.68. The topological polar surface area (TPSA) is 72.6 Å². The number of imidazole rings is 2. The fourth-order valence-electron chi connectivity index (χ4n) is 4.20. The molecule has 1 saturated heterocycles. The number of aromatic amines is 2. The first-order valence-corrected chi connectivity index (χ1v) is 9.50. The van der Waals surface area contributed by atoms with E-state index in [4.69, 9.17) is 0 Å². The molecule has 2 aromatic heterocycles. The van der Waals surface area contributed by atoms with Gasteiger partial charge >= 0.3 is 0 Å². The van der Waals surface area contributed by atoms with Crippen molar-refractivity contribution in [3.63, 3.8) is 0 Å². The van der Waals surface area contributed by atoms with Gasteiger partial charge in [-0.25, -0.2) is 9.97 Å². The predicted octanol–water partition coefficient (Wildman–Crippen LogP) is 3.21. The molecule has 0 spiro atoms. The lowest BCUT2D eigenvalue weighted by Gasteiger charge is -2.24. The molecule has 0 aliphatic carbocycles. The van der Waals surface area contributed by atoms with Crippen LogP contribution in [0.25, 0.3) is 22.1 Å². The number of nitrogens with zero attached hydrogens (tertiary/aromatic N) is 3. The zero-order chi connectivity index (χ0) is 18.4. The Bertz CT molecular complexity index is 996. The lowest BCUT2D eigenvalue weighted by atomic mass is 9.96. The lowest BCUT2D eigenvalue weighted by Crippen LogP contribution is -2.35. The minimum atomic E-state index is 0.120. The van der Waals surface area contributed by atoms with Crippen molar-refractivity contribution in [2.75, 3.05) is 13.6 Å². The molecule has 0 radical (unpaired) electrons. The highest BCUT2D eigenvalue weighted by molar-refractivity contribution is 5.77. The van der Waals surface area contributed by atoms with Gasteiger partial charge in [-0.05, 0) is 55.8 Å². The van der Waals surface area contributed by atoms with Gasteiger partial charge < -0.3 is 20.2 Å². The van der Waals surface area contributed by atoms with E-state index >= 15 is 0 Å². The van der Waals surface area contributed by atoms with E-state index in [1.165, 1.54) is 11.1 Å². The molecule has 1 aliphatic rings. The Balaban J connectivity index is 1.55. The van der Waals surface area contributed by atoms with Gasteiger partial charge in [0, 0.05) is 18.6 Å². The van der Waals surface area contributed by atoms with Crippen LogP contribution >= 0.6 is 0 Å². The molecule has 4 aromatic rings. The fourth-order valence-corrected chi connectivity index (χ4v) is 4.20. The fraction of sp³-hybridized carbons (Fsp3) is 0.333. The quantitative estimate of drug-likeness (QED) is 0.522. The van der Waals surface area contributed by atoms with Crippen molar-refractivity contribution >= 4 is 22.1 Å². The first kappa shape index (κ1) is 16.5. The van der Waals surface area contributed by atoms with E-state index in [1.54, 1.807) is 12.7 Å². The maximum Gasteiger partial charge on any atom is 0.0931 e. The number of benzene rings is 2. The second-order valence-corrected chi connectivity index (χ2v) is 7.68. The van der Waals surface area contributed by atoms with Crippen molar-refractivity contribution in [3.8, 4) is 0 Å². The summed E-state index contributed by atoms with van der Waals surface area (Å²) in [7, 11) is 2.20. The normalized spacial score (nSPS) is 21.0. The van der Waals surface area contributed by atoms with Gasteiger partial charge in [0.1, 0.15) is 0 Å². The standard InChI is InChI=1S/C21H24N6/c1-13-7-16(10-27(13)2)26-21(14-3-5-17-19(8-14)24-11-22-17)15-4-6-18-20(9-15)25-12-23-18/h3-6,8-9,11-13,16,21,26H,7,10H2,1-2H3,(H,22,24)(H,23,25). The summed E-state index contributed by atoms with van der Waals surface area (Å²) in [5.74, 6) is 0. The SMILES string of the molecule is CC1CC(NC(c2ccc3nc[nH]c3c2)c2ccc3nc[nH]c3c2)CN1C. The maximum absolute atomic E-state index is 4.35. The Morgan fingerprint density at radius 1 is 1.00 bits per heavy atom. The summed E-state index contributed by atoms with van der Waals surface area (Å²) in [5.41, 5.74) is 6.62. The number of H-pyrrole nitrogens is 2. The first-order chi connectivity index (χ1) is 13.2. The molecule has 1 fully saturated rings. The second kappa shape index (κ2) is 6.48. The number of hydrogen-bond acceptors (Lipinski definition) is 4. The Morgan fingerprint density at radius 3 is 2.11 bits per heavy atom. The van der Waals surface area contributed by atoms with Crippen LogP contribution < -0.4 is 5.32 Å². The van der Waals surface area contributed by atoms with Crippen LogP contribution in [-0.2, 0) is 0 Å². The van der Waals surface area contributed by atoms with Crippen molar-refractivity contribution in [2.45, 2.75) is 31.5 Å². The summed E-state index contributed by atoms with van der Waals surface area (Å²) in [4.78, 5) is 17.6. The molecule has 0 amide bonds. The highest BCUT2D eigenvalue weighted by Crippen LogP contribution is 2.29. The first-order valence-electron chi connectivity index (χ1n) is 9.50. The van der Waals surface area contributed by atoms with Gasteiger partial charge in [0.2, 0.25) is 0 Å². The number of aromatic nitrogens is 4. The largest absolute Gasteiger partial charge is 0.345 e. The summed E-state index contributed by atoms with van der Waals surface area (Å²) in [5, 5.41) is 3.91. The molecular weight excluding hydrogens is 336 g/mol. The van der Waals surface area contributed by atoms with E-state index in [0.717, 1.165) is 35.0 Å². The van der Waals surface area contributed by atoms with Gasteiger partial charge in [0.15, 0.2) is 0 Å². The van der Waals surface area contributed by atoms with Gasteiger partial charge in [-0.15, -0.1) is 0 Å². The van der Waals surface area contributed by atoms with Gasteiger partial charge in [0.25, 0.3) is 0 Å². The summed E-state index contributed by atoms with van der Waals surface area (Å²) in [6, 6.07) is 14.1. The molecule has 2 aromatic carbocycles. The number of hydrogen-bond donors (Lipinski definition) is 3. The molecule has 3 N–H and O–H groups in total. The van der Waals surface area contributed by atoms with Crippen molar-refractivity contribution in [3.05, 3.63) is 60.2 Å². The third kappa shape index (κ3) is 3.01. The van der Waals surface area contributed by atoms with E-state index in [1.807, 2.05) is 0 Å². The van der Waals surface area contributed by atoms with Gasteiger partial charge in [-0.2, -0.15) is 0 Å². The average molecular weight is 360 g/mol. The van der Waals surface area contributed by atoms with Crippen LogP contribution in [0.5, 0.6) is 0 Å². The number of likely N-dealkylation sites (tertiary alicyclic amines) is 1. The number of nitrogens with one attached hydrogen (secondary N) is 3. The Labute approximate surface area is 158 Å².